The second-order valence-corrected chi connectivity index (χ2v) is 9.16. The van der Waals surface area contributed by atoms with Crippen molar-refractivity contribution in [3.8, 4) is 28.5 Å². The first-order chi connectivity index (χ1) is 17.3. The molecule has 1 aromatic carbocycles. The lowest BCUT2D eigenvalue weighted by Gasteiger charge is -2.11. The van der Waals surface area contributed by atoms with Gasteiger partial charge in [0, 0.05) is 35.4 Å². The number of hydrogen-bond donors (Lipinski definition) is 0. The Hall–Kier alpha value is -3.22. The molecule has 1 fully saturated rings. The molecular weight excluding hydrogens is 501 g/mol. The van der Waals surface area contributed by atoms with E-state index in [9.17, 15) is 13.2 Å². The highest BCUT2D eigenvalue weighted by Gasteiger charge is 2.29. The molecule has 1 unspecified atom stereocenters. The van der Waals surface area contributed by atoms with Crippen LogP contribution >= 0.6 is 11.6 Å². The largest absolute Gasteiger partial charge is 0.411 e. The predicted molar refractivity (Wildman–Crippen MR) is 121 cm³/mol. The fourth-order valence-electron chi connectivity index (χ4n) is 4.60. The van der Waals surface area contributed by atoms with Crippen molar-refractivity contribution in [2.24, 2.45) is 0 Å². The summed E-state index contributed by atoms with van der Waals surface area (Å²) in [6.45, 7) is -0.436. The summed E-state index contributed by atoms with van der Waals surface area (Å²) >= 11 is 6.35. The van der Waals surface area contributed by atoms with Crippen LogP contribution in [0.25, 0.3) is 28.5 Å². The Morgan fingerprint density at radius 3 is 2.92 bits per heavy atom. The number of nitrogens with zero attached hydrogens (tertiary/aromatic N) is 6. The number of halogens is 4. The van der Waals surface area contributed by atoms with Crippen LogP contribution in [-0.2, 0) is 29.0 Å². The van der Waals surface area contributed by atoms with Gasteiger partial charge in [-0.3, -0.25) is 4.68 Å². The molecule has 3 aromatic heterocycles. The molecule has 0 N–H and O–H groups in total. The highest BCUT2D eigenvalue weighted by atomic mass is 35.5. The molecule has 0 amide bonds. The zero-order chi connectivity index (χ0) is 24.9. The van der Waals surface area contributed by atoms with Gasteiger partial charge >= 0.3 is 6.18 Å². The quantitative estimate of drug-likeness (QED) is 0.323. The van der Waals surface area contributed by atoms with Crippen molar-refractivity contribution in [1.29, 1.82) is 0 Å². The zero-order valence-corrected chi connectivity index (χ0v) is 19.6. The smallest absolute Gasteiger partial charge is 0.376 e. The van der Waals surface area contributed by atoms with Gasteiger partial charge in [-0.25, -0.2) is 4.98 Å². The Labute approximate surface area is 207 Å². The van der Waals surface area contributed by atoms with E-state index in [1.807, 2.05) is 27.6 Å². The maximum absolute atomic E-state index is 12.4. The van der Waals surface area contributed by atoms with Crippen LogP contribution in [0.5, 0.6) is 0 Å². The number of benzene rings is 1. The molecule has 1 saturated heterocycles. The van der Waals surface area contributed by atoms with Crippen LogP contribution in [0.4, 0.5) is 13.2 Å². The van der Waals surface area contributed by atoms with Gasteiger partial charge in [-0.2, -0.15) is 23.3 Å². The first-order valence-electron chi connectivity index (χ1n) is 11.4. The number of hydrogen-bond acceptors (Lipinski definition) is 7. The van der Waals surface area contributed by atoms with E-state index in [4.69, 9.17) is 26.0 Å². The summed E-state index contributed by atoms with van der Waals surface area (Å²) in [5.74, 6) is 0.0990. The van der Waals surface area contributed by atoms with E-state index in [2.05, 4.69) is 19.9 Å². The molecule has 4 aromatic rings. The number of ether oxygens (including phenoxy) is 2. The summed E-state index contributed by atoms with van der Waals surface area (Å²) in [5.41, 5.74) is 4.73. The maximum atomic E-state index is 12.4. The molecule has 36 heavy (non-hydrogen) atoms. The Morgan fingerprint density at radius 2 is 2.11 bits per heavy atom. The van der Waals surface area contributed by atoms with Crippen LogP contribution < -0.4 is 0 Å². The molecule has 9 nitrogen and oxygen atoms in total. The zero-order valence-electron chi connectivity index (χ0n) is 18.8. The van der Waals surface area contributed by atoms with Crippen LogP contribution in [0.2, 0.25) is 5.02 Å². The molecule has 0 bridgehead atoms. The van der Waals surface area contributed by atoms with Gasteiger partial charge in [0.05, 0.1) is 29.7 Å². The summed E-state index contributed by atoms with van der Waals surface area (Å²) in [4.78, 5) is 8.71. The van der Waals surface area contributed by atoms with Gasteiger partial charge in [0.1, 0.15) is 25.2 Å². The number of alkyl halides is 3. The molecule has 6 rings (SSSR count). The average Bonchev–Trinajstić information content (AvgIpc) is 3.61. The van der Waals surface area contributed by atoms with E-state index in [1.54, 1.807) is 12.4 Å². The number of imidazole rings is 1. The van der Waals surface area contributed by atoms with E-state index in [-0.39, 0.29) is 17.8 Å². The molecule has 0 spiro atoms. The van der Waals surface area contributed by atoms with Crippen LogP contribution in [0.3, 0.4) is 0 Å². The first kappa shape index (κ1) is 23.2. The minimum Gasteiger partial charge on any atom is -0.376 e. The van der Waals surface area contributed by atoms with Gasteiger partial charge in [0.15, 0.2) is 0 Å². The third-order valence-electron chi connectivity index (χ3n) is 6.12. The monoisotopic (exact) mass is 520 g/mol. The van der Waals surface area contributed by atoms with E-state index < -0.39 is 19.4 Å². The van der Waals surface area contributed by atoms with Crippen LogP contribution in [0.15, 0.2) is 35.2 Å². The summed E-state index contributed by atoms with van der Waals surface area (Å²) in [5, 5.41) is 9.38. The number of rotatable bonds is 6. The Kier molecular flexibility index (Phi) is 5.81. The van der Waals surface area contributed by atoms with E-state index >= 15 is 0 Å². The van der Waals surface area contributed by atoms with Crippen LogP contribution in [0, 0.1) is 0 Å². The van der Waals surface area contributed by atoms with E-state index in [1.165, 1.54) is 0 Å². The second-order valence-electron chi connectivity index (χ2n) is 8.73. The molecule has 1 atom stereocenters. The van der Waals surface area contributed by atoms with Crippen LogP contribution in [0.1, 0.15) is 30.0 Å². The van der Waals surface area contributed by atoms with Crippen molar-refractivity contribution in [3.05, 3.63) is 52.9 Å². The van der Waals surface area contributed by atoms with Crippen molar-refractivity contribution in [1.82, 2.24) is 29.5 Å². The van der Waals surface area contributed by atoms with Gasteiger partial charge in [-0.1, -0.05) is 16.8 Å². The fourth-order valence-corrected chi connectivity index (χ4v) is 4.77. The van der Waals surface area contributed by atoms with Crippen molar-refractivity contribution in [2.45, 2.75) is 44.7 Å². The highest BCUT2D eigenvalue weighted by molar-refractivity contribution is 6.31. The van der Waals surface area contributed by atoms with Gasteiger partial charge in [0.2, 0.25) is 5.82 Å². The minimum atomic E-state index is -4.44. The van der Waals surface area contributed by atoms with Crippen LogP contribution in [-0.4, -0.2) is 55.0 Å². The average molecular weight is 521 g/mol. The molecule has 2 aliphatic heterocycles. The van der Waals surface area contributed by atoms with Crippen molar-refractivity contribution in [3.63, 3.8) is 0 Å². The molecule has 2 aliphatic rings. The first-order valence-corrected chi connectivity index (χ1v) is 11.7. The molecule has 5 heterocycles. The second kappa shape index (κ2) is 9.02. The molecule has 0 aliphatic carbocycles. The predicted octanol–water partition coefficient (Wildman–Crippen LogP) is 4.60. The number of fused-ring (bicyclic) bond motifs is 5. The SMILES string of the molecule is FC(F)(F)COCc1nc(-c2ncn3c2Cc2cn(CC4CCCO4)nc2-c2cc(Cl)ccc2-3)no1. The lowest BCUT2D eigenvalue weighted by atomic mass is 10.0. The maximum Gasteiger partial charge on any atom is 0.411 e. The molecule has 0 radical (unpaired) electrons. The Bertz CT molecular complexity index is 1410. The molecule has 188 valence electrons. The Balaban J connectivity index is 1.35. The fraction of sp³-hybridized carbons (Fsp3) is 0.391. The van der Waals surface area contributed by atoms with Crippen molar-refractivity contribution >= 4 is 11.6 Å². The van der Waals surface area contributed by atoms with Gasteiger partial charge in [0.25, 0.3) is 5.89 Å². The van der Waals surface area contributed by atoms with E-state index in [0.717, 1.165) is 47.7 Å². The van der Waals surface area contributed by atoms with Crippen molar-refractivity contribution < 1.29 is 27.2 Å². The van der Waals surface area contributed by atoms with Gasteiger partial charge in [-0.15, -0.1) is 0 Å². The van der Waals surface area contributed by atoms with E-state index in [0.29, 0.717) is 23.7 Å². The third kappa shape index (κ3) is 4.51. The molecule has 13 heteroatoms. The topological polar surface area (TPSA) is 93.0 Å². The standard InChI is InChI=1S/C23H20ClF3N6O3/c24-14-3-4-17-16(7-14)20-13(8-32(30-20)9-15-2-1-5-35-15)6-18-21(28-12-33(17)18)22-29-19(36-31-22)10-34-11-23(25,26)27/h3-4,7-8,12,15H,1-2,5-6,9-11H2. The summed E-state index contributed by atoms with van der Waals surface area (Å²) < 4.78 is 56.4. The molecule has 0 saturated carbocycles. The third-order valence-corrected chi connectivity index (χ3v) is 6.36. The normalized spacial score (nSPS) is 17.1. The summed E-state index contributed by atoms with van der Waals surface area (Å²) in [6.07, 6.45) is 1.85. The number of aromatic nitrogens is 6. The summed E-state index contributed by atoms with van der Waals surface area (Å²) in [7, 11) is 0. The Morgan fingerprint density at radius 1 is 1.22 bits per heavy atom. The van der Waals surface area contributed by atoms with Crippen molar-refractivity contribution in [2.75, 3.05) is 13.2 Å². The lowest BCUT2D eigenvalue weighted by molar-refractivity contribution is -0.178. The highest BCUT2D eigenvalue weighted by Crippen LogP contribution is 2.38. The molecular formula is C23H20ClF3N6O3. The van der Waals surface area contributed by atoms with Gasteiger partial charge in [-0.05, 0) is 31.0 Å². The lowest BCUT2D eigenvalue weighted by Crippen LogP contribution is -2.16. The minimum absolute atomic E-state index is 0.0677. The summed E-state index contributed by atoms with van der Waals surface area (Å²) in [6, 6.07) is 5.56. The van der Waals surface area contributed by atoms with Gasteiger partial charge < -0.3 is 18.6 Å².